The largest absolute Gasteiger partial charge is 0.396 e. The molecule has 0 saturated heterocycles. The SMILES string of the molecule is C=C(C)COOCCCC(C)(CO)CO. The summed E-state index contributed by atoms with van der Waals surface area (Å²) in [5.74, 6) is 0. The maximum absolute atomic E-state index is 9.02. The van der Waals surface area contributed by atoms with Crippen LogP contribution in [0.2, 0.25) is 0 Å². The van der Waals surface area contributed by atoms with Gasteiger partial charge in [-0.05, 0) is 19.8 Å². The lowest BCUT2D eigenvalue weighted by Gasteiger charge is -2.23. The Labute approximate surface area is 91.4 Å². The van der Waals surface area contributed by atoms with Crippen LogP contribution in [0, 0.1) is 5.41 Å². The summed E-state index contributed by atoms with van der Waals surface area (Å²) in [6.45, 7) is 8.19. The number of hydrogen-bond donors (Lipinski definition) is 2. The van der Waals surface area contributed by atoms with Crippen LogP contribution in [0.1, 0.15) is 26.7 Å². The predicted molar refractivity (Wildman–Crippen MR) is 58.2 cm³/mol. The summed E-state index contributed by atoms with van der Waals surface area (Å²) >= 11 is 0. The van der Waals surface area contributed by atoms with Gasteiger partial charge in [-0.2, -0.15) is 0 Å². The van der Waals surface area contributed by atoms with E-state index in [9.17, 15) is 0 Å². The van der Waals surface area contributed by atoms with Crippen LogP contribution < -0.4 is 0 Å². The summed E-state index contributed by atoms with van der Waals surface area (Å²) < 4.78 is 0. The Hall–Kier alpha value is -0.420. The monoisotopic (exact) mass is 218 g/mol. The van der Waals surface area contributed by atoms with Crippen molar-refractivity contribution in [2.45, 2.75) is 26.7 Å². The second kappa shape index (κ2) is 7.82. The number of rotatable bonds is 9. The molecule has 0 unspecified atom stereocenters. The first-order valence-electron chi connectivity index (χ1n) is 5.14. The lowest BCUT2D eigenvalue weighted by Crippen LogP contribution is -2.26. The van der Waals surface area contributed by atoms with Crippen molar-refractivity contribution in [2.24, 2.45) is 5.41 Å². The first-order valence-corrected chi connectivity index (χ1v) is 5.14. The molecule has 0 rings (SSSR count). The molecule has 0 aliphatic carbocycles. The van der Waals surface area contributed by atoms with Crippen molar-refractivity contribution in [1.29, 1.82) is 0 Å². The van der Waals surface area contributed by atoms with E-state index in [1.807, 2.05) is 13.8 Å². The van der Waals surface area contributed by atoms with Gasteiger partial charge in [-0.3, -0.25) is 0 Å². The third-order valence-electron chi connectivity index (χ3n) is 2.16. The van der Waals surface area contributed by atoms with Crippen LogP contribution in [-0.4, -0.2) is 36.6 Å². The van der Waals surface area contributed by atoms with E-state index in [-0.39, 0.29) is 13.2 Å². The van der Waals surface area contributed by atoms with Gasteiger partial charge >= 0.3 is 0 Å². The van der Waals surface area contributed by atoms with E-state index in [4.69, 9.17) is 20.0 Å². The molecule has 0 fully saturated rings. The van der Waals surface area contributed by atoms with Gasteiger partial charge in [0, 0.05) is 5.41 Å². The summed E-state index contributed by atoms with van der Waals surface area (Å²) in [5, 5.41) is 18.0. The molecule has 0 aromatic heterocycles. The molecule has 0 bridgehead atoms. The molecule has 0 aromatic rings. The highest BCUT2D eigenvalue weighted by atomic mass is 17.2. The zero-order valence-electron chi connectivity index (χ0n) is 9.66. The minimum absolute atomic E-state index is 0.0177. The van der Waals surface area contributed by atoms with Gasteiger partial charge in [-0.25, -0.2) is 9.78 Å². The van der Waals surface area contributed by atoms with Gasteiger partial charge in [-0.1, -0.05) is 19.1 Å². The number of aliphatic hydroxyl groups excluding tert-OH is 2. The quantitative estimate of drug-likeness (QED) is 0.265. The van der Waals surface area contributed by atoms with Crippen LogP contribution in [0.3, 0.4) is 0 Å². The molecule has 15 heavy (non-hydrogen) atoms. The van der Waals surface area contributed by atoms with Crippen LogP contribution in [0.25, 0.3) is 0 Å². The Bertz CT molecular complexity index is 175. The number of aliphatic hydroxyl groups is 2. The molecule has 0 aromatic carbocycles. The van der Waals surface area contributed by atoms with Crippen molar-refractivity contribution in [3.63, 3.8) is 0 Å². The fourth-order valence-corrected chi connectivity index (χ4v) is 0.967. The van der Waals surface area contributed by atoms with Crippen LogP contribution in [-0.2, 0) is 9.78 Å². The van der Waals surface area contributed by atoms with Crippen molar-refractivity contribution < 1.29 is 20.0 Å². The normalized spacial score (nSPS) is 11.7. The van der Waals surface area contributed by atoms with Gasteiger partial charge < -0.3 is 10.2 Å². The summed E-state index contributed by atoms with van der Waals surface area (Å²) in [5.41, 5.74) is 0.489. The average molecular weight is 218 g/mol. The van der Waals surface area contributed by atoms with Gasteiger partial charge in [0.1, 0.15) is 6.61 Å². The van der Waals surface area contributed by atoms with Gasteiger partial charge in [0.15, 0.2) is 0 Å². The van der Waals surface area contributed by atoms with Crippen molar-refractivity contribution in [1.82, 2.24) is 0 Å². The van der Waals surface area contributed by atoms with Gasteiger partial charge in [0.25, 0.3) is 0 Å². The van der Waals surface area contributed by atoms with Crippen molar-refractivity contribution >= 4 is 0 Å². The van der Waals surface area contributed by atoms with Crippen LogP contribution in [0.5, 0.6) is 0 Å². The lowest BCUT2D eigenvalue weighted by atomic mass is 9.88. The molecule has 4 heteroatoms. The highest BCUT2D eigenvalue weighted by molar-refractivity contribution is 4.86. The van der Waals surface area contributed by atoms with E-state index in [0.29, 0.717) is 19.6 Å². The summed E-state index contributed by atoms with van der Waals surface area (Å²) in [6, 6.07) is 0. The van der Waals surface area contributed by atoms with E-state index >= 15 is 0 Å². The van der Waals surface area contributed by atoms with Gasteiger partial charge in [0.2, 0.25) is 0 Å². The molecule has 0 radical (unpaired) electrons. The number of hydrogen-bond acceptors (Lipinski definition) is 4. The molecule has 0 atom stereocenters. The minimum Gasteiger partial charge on any atom is -0.396 e. The van der Waals surface area contributed by atoms with Crippen molar-refractivity contribution in [3.05, 3.63) is 12.2 Å². The lowest BCUT2D eigenvalue weighted by molar-refractivity contribution is -0.288. The maximum Gasteiger partial charge on any atom is 0.103 e. The molecule has 0 saturated carbocycles. The Morgan fingerprint density at radius 3 is 2.33 bits per heavy atom. The van der Waals surface area contributed by atoms with Crippen LogP contribution in [0.4, 0.5) is 0 Å². The fourth-order valence-electron chi connectivity index (χ4n) is 0.967. The zero-order valence-corrected chi connectivity index (χ0v) is 9.66. The molecule has 0 spiro atoms. The molecule has 0 aliphatic rings. The van der Waals surface area contributed by atoms with E-state index in [2.05, 4.69) is 6.58 Å². The molecule has 0 aliphatic heterocycles. The Kier molecular flexibility index (Phi) is 7.60. The molecule has 4 nitrogen and oxygen atoms in total. The van der Waals surface area contributed by atoms with E-state index in [0.717, 1.165) is 12.0 Å². The first kappa shape index (κ1) is 14.6. The Balaban J connectivity index is 3.41. The van der Waals surface area contributed by atoms with Crippen LogP contribution >= 0.6 is 0 Å². The van der Waals surface area contributed by atoms with Crippen molar-refractivity contribution in [3.8, 4) is 0 Å². The maximum atomic E-state index is 9.02. The third kappa shape index (κ3) is 7.50. The fraction of sp³-hybridized carbons (Fsp3) is 0.818. The second-order valence-electron chi connectivity index (χ2n) is 4.27. The Morgan fingerprint density at radius 1 is 1.27 bits per heavy atom. The zero-order chi connectivity index (χ0) is 11.7. The van der Waals surface area contributed by atoms with E-state index < -0.39 is 5.41 Å². The topological polar surface area (TPSA) is 58.9 Å². The Morgan fingerprint density at radius 2 is 1.87 bits per heavy atom. The summed E-state index contributed by atoms with van der Waals surface area (Å²) in [4.78, 5) is 9.76. The van der Waals surface area contributed by atoms with Gasteiger partial charge in [-0.15, -0.1) is 0 Å². The smallest absolute Gasteiger partial charge is 0.103 e. The molecular weight excluding hydrogens is 196 g/mol. The third-order valence-corrected chi connectivity index (χ3v) is 2.16. The van der Waals surface area contributed by atoms with Crippen molar-refractivity contribution in [2.75, 3.05) is 26.4 Å². The highest BCUT2D eigenvalue weighted by Crippen LogP contribution is 2.21. The first-order chi connectivity index (χ1) is 7.04. The van der Waals surface area contributed by atoms with E-state index in [1.54, 1.807) is 0 Å². The molecule has 2 N–H and O–H groups in total. The van der Waals surface area contributed by atoms with E-state index in [1.165, 1.54) is 0 Å². The summed E-state index contributed by atoms with van der Waals surface area (Å²) in [7, 11) is 0. The molecular formula is C11H22O4. The average Bonchev–Trinajstić information content (AvgIpc) is 2.22. The second-order valence-corrected chi connectivity index (χ2v) is 4.27. The standard InChI is InChI=1S/C11H22O4/c1-10(2)7-15-14-6-4-5-11(3,8-12)9-13/h12-13H,1,4-9H2,2-3H3. The van der Waals surface area contributed by atoms with Gasteiger partial charge in [0.05, 0.1) is 19.8 Å². The molecule has 0 amide bonds. The minimum atomic E-state index is -0.419. The molecule has 90 valence electrons. The predicted octanol–water partition coefficient (Wildman–Crippen LogP) is 1.28. The highest BCUT2D eigenvalue weighted by Gasteiger charge is 2.21. The van der Waals surface area contributed by atoms with Crippen LogP contribution in [0.15, 0.2) is 12.2 Å². The summed E-state index contributed by atoms with van der Waals surface area (Å²) in [6.07, 6.45) is 1.45. The molecule has 0 heterocycles.